The molecule has 0 radical (unpaired) electrons. The van der Waals surface area contributed by atoms with Crippen molar-refractivity contribution in [1.82, 2.24) is 0 Å². The Morgan fingerprint density at radius 3 is 1.11 bits per heavy atom. The average Bonchev–Trinajstić information content (AvgIpc) is 2.35. The van der Waals surface area contributed by atoms with E-state index in [9.17, 15) is 10.2 Å². The molecular weight excluding hydrogens is 224 g/mol. The van der Waals surface area contributed by atoms with Gasteiger partial charge in [-0.2, -0.15) is 0 Å². The third-order valence-corrected chi connectivity index (χ3v) is 3.61. The average molecular weight is 258 g/mol. The molecule has 0 aromatic carbocycles. The van der Waals surface area contributed by atoms with Crippen LogP contribution in [0.2, 0.25) is 0 Å². The van der Waals surface area contributed by atoms with Gasteiger partial charge >= 0.3 is 0 Å². The summed E-state index contributed by atoms with van der Waals surface area (Å²) in [5, 5.41) is 19.5. The molecule has 18 heavy (non-hydrogen) atoms. The molecule has 2 atom stereocenters. The Labute approximate surface area is 114 Å². The van der Waals surface area contributed by atoms with E-state index in [1.165, 1.54) is 25.7 Å². The number of aliphatic hydroxyl groups is 2. The van der Waals surface area contributed by atoms with Crippen molar-refractivity contribution in [2.45, 2.75) is 103 Å². The van der Waals surface area contributed by atoms with Crippen molar-refractivity contribution in [2.24, 2.45) is 0 Å². The number of hydrogen-bond acceptors (Lipinski definition) is 2. The molecule has 0 amide bonds. The van der Waals surface area contributed by atoms with Crippen molar-refractivity contribution in [3.8, 4) is 0 Å². The van der Waals surface area contributed by atoms with Crippen LogP contribution in [-0.4, -0.2) is 22.4 Å². The first kappa shape index (κ1) is 17.9. The molecule has 0 aliphatic carbocycles. The summed E-state index contributed by atoms with van der Waals surface area (Å²) in [7, 11) is 0. The topological polar surface area (TPSA) is 40.5 Å². The SMILES string of the molecule is CCCCCC(O)CCCCC(O)CCCCC. The summed E-state index contributed by atoms with van der Waals surface area (Å²) < 4.78 is 0. The third-order valence-electron chi connectivity index (χ3n) is 3.61. The first-order valence-electron chi connectivity index (χ1n) is 8.06. The van der Waals surface area contributed by atoms with Crippen molar-refractivity contribution in [2.75, 3.05) is 0 Å². The molecule has 0 saturated carbocycles. The lowest BCUT2D eigenvalue weighted by Crippen LogP contribution is -2.08. The standard InChI is InChI=1S/C16H34O2/c1-3-5-7-11-15(17)13-9-10-14-16(18)12-8-6-4-2/h15-18H,3-14H2,1-2H3. The molecule has 2 N–H and O–H groups in total. The molecule has 0 aliphatic rings. The van der Waals surface area contributed by atoms with Gasteiger partial charge in [-0.1, -0.05) is 65.2 Å². The lowest BCUT2D eigenvalue weighted by atomic mass is 10.0. The molecule has 0 fully saturated rings. The van der Waals surface area contributed by atoms with Crippen molar-refractivity contribution in [3.05, 3.63) is 0 Å². The van der Waals surface area contributed by atoms with Gasteiger partial charge in [-0.25, -0.2) is 0 Å². The summed E-state index contributed by atoms with van der Waals surface area (Å²) in [5.74, 6) is 0. The molecule has 2 heteroatoms. The molecule has 0 aromatic rings. The fourth-order valence-electron chi connectivity index (χ4n) is 2.31. The molecule has 0 bridgehead atoms. The van der Waals surface area contributed by atoms with E-state index in [1.54, 1.807) is 0 Å². The summed E-state index contributed by atoms with van der Waals surface area (Å²) in [6.45, 7) is 4.37. The summed E-state index contributed by atoms with van der Waals surface area (Å²) >= 11 is 0. The van der Waals surface area contributed by atoms with Gasteiger partial charge in [0.25, 0.3) is 0 Å². The zero-order chi connectivity index (χ0) is 13.6. The molecule has 0 rings (SSSR count). The number of hydrogen-bond donors (Lipinski definition) is 2. The minimum Gasteiger partial charge on any atom is -0.393 e. The number of aliphatic hydroxyl groups excluding tert-OH is 2. The minimum atomic E-state index is -0.117. The normalized spacial score (nSPS) is 14.7. The molecule has 0 aliphatic heterocycles. The second-order valence-corrected chi connectivity index (χ2v) is 5.58. The summed E-state index contributed by atoms with van der Waals surface area (Å²) in [6, 6.07) is 0. The quantitative estimate of drug-likeness (QED) is 0.480. The Hall–Kier alpha value is -0.0800. The van der Waals surface area contributed by atoms with Gasteiger partial charge in [-0.05, 0) is 25.7 Å². The lowest BCUT2D eigenvalue weighted by molar-refractivity contribution is 0.132. The Balaban J connectivity index is 3.27. The van der Waals surface area contributed by atoms with Crippen LogP contribution in [0.5, 0.6) is 0 Å². The zero-order valence-corrected chi connectivity index (χ0v) is 12.5. The van der Waals surface area contributed by atoms with Crippen molar-refractivity contribution in [1.29, 1.82) is 0 Å². The van der Waals surface area contributed by atoms with Crippen molar-refractivity contribution < 1.29 is 10.2 Å². The number of unbranched alkanes of at least 4 members (excludes halogenated alkanes) is 5. The van der Waals surface area contributed by atoms with Crippen LogP contribution >= 0.6 is 0 Å². The van der Waals surface area contributed by atoms with E-state index in [1.807, 2.05) is 0 Å². The highest BCUT2D eigenvalue weighted by molar-refractivity contribution is 4.60. The first-order valence-corrected chi connectivity index (χ1v) is 8.06. The molecular formula is C16H34O2. The highest BCUT2D eigenvalue weighted by atomic mass is 16.3. The van der Waals surface area contributed by atoms with Crippen LogP contribution in [0.1, 0.15) is 90.9 Å². The van der Waals surface area contributed by atoms with E-state index in [2.05, 4.69) is 13.8 Å². The molecule has 0 aromatic heterocycles. The van der Waals surface area contributed by atoms with Gasteiger partial charge in [0.15, 0.2) is 0 Å². The van der Waals surface area contributed by atoms with E-state index in [0.717, 1.165) is 51.4 Å². The Morgan fingerprint density at radius 2 is 0.833 bits per heavy atom. The van der Waals surface area contributed by atoms with Gasteiger partial charge in [0, 0.05) is 0 Å². The van der Waals surface area contributed by atoms with Gasteiger partial charge in [0.05, 0.1) is 12.2 Å². The van der Waals surface area contributed by atoms with Crippen LogP contribution in [0, 0.1) is 0 Å². The molecule has 0 spiro atoms. The van der Waals surface area contributed by atoms with Gasteiger partial charge in [0.2, 0.25) is 0 Å². The van der Waals surface area contributed by atoms with Crippen molar-refractivity contribution in [3.63, 3.8) is 0 Å². The molecule has 0 saturated heterocycles. The van der Waals surface area contributed by atoms with Gasteiger partial charge < -0.3 is 10.2 Å². The first-order chi connectivity index (χ1) is 8.70. The Kier molecular flexibility index (Phi) is 13.3. The predicted molar refractivity (Wildman–Crippen MR) is 78.8 cm³/mol. The van der Waals surface area contributed by atoms with Crippen LogP contribution < -0.4 is 0 Å². The van der Waals surface area contributed by atoms with Crippen LogP contribution in [0.3, 0.4) is 0 Å². The van der Waals surface area contributed by atoms with Crippen LogP contribution in [-0.2, 0) is 0 Å². The van der Waals surface area contributed by atoms with Crippen LogP contribution in [0.4, 0.5) is 0 Å². The summed E-state index contributed by atoms with van der Waals surface area (Å²) in [4.78, 5) is 0. The highest BCUT2D eigenvalue weighted by Gasteiger charge is 2.06. The van der Waals surface area contributed by atoms with Gasteiger partial charge in [0.1, 0.15) is 0 Å². The predicted octanol–water partition coefficient (Wildman–Crippen LogP) is 4.43. The van der Waals surface area contributed by atoms with E-state index >= 15 is 0 Å². The molecule has 2 nitrogen and oxygen atoms in total. The maximum atomic E-state index is 9.75. The third kappa shape index (κ3) is 12.4. The second-order valence-electron chi connectivity index (χ2n) is 5.58. The maximum absolute atomic E-state index is 9.75. The zero-order valence-electron chi connectivity index (χ0n) is 12.5. The van der Waals surface area contributed by atoms with E-state index in [-0.39, 0.29) is 12.2 Å². The van der Waals surface area contributed by atoms with Gasteiger partial charge in [-0.3, -0.25) is 0 Å². The van der Waals surface area contributed by atoms with Crippen LogP contribution in [0.25, 0.3) is 0 Å². The minimum absolute atomic E-state index is 0.117. The highest BCUT2D eigenvalue weighted by Crippen LogP contribution is 2.13. The summed E-state index contributed by atoms with van der Waals surface area (Å²) in [6.07, 6.45) is 12.8. The molecule has 0 heterocycles. The largest absolute Gasteiger partial charge is 0.393 e. The number of rotatable bonds is 13. The maximum Gasteiger partial charge on any atom is 0.0540 e. The van der Waals surface area contributed by atoms with Crippen LogP contribution in [0.15, 0.2) is 0 Å². The Bertz CT molecular complexity index is 141. The molecule has 2 unspecified atom stereocenters. The van der Waals surface area contributed by atoms with E-state index in [4.69, 9.17) is 0 Å². The second kappa shape index (κ2) is 13.4. The Morgan fingerprint density at radius 1 is 0.556 bits per heavy atom. The fourth-order valence-corrected chi connectivity index (χ4v) is 2.31. The summed E-state index contributed by atoms with van der Waals surface area (Å²) in [5.41, 5.74) is 0. The molecule has 110 valence electrons. The van der Waals surface area contributed by atoms with Crippen molar-refractivity contribution >= 4 is 0 Å². The van der Waals surface area contributed by atoms with Gasteiger partial charge in [-0.15, -0.1) is 0 Å². The van der Waals surface area contributed by atoms with E-state index < -0.39 is 0 Å². The van der Waals surface area contributed by atoms with E-state index in [0.29, 0.717) is 0 Å². The monoisotopic (exact) mass is 258 g/mol. The fraction of sp³-hybridized carbons (Fsp3) is 1.00. The lowest BCUT2D eigenvalue weighted by Gasteiger charge is -2.12. The smallest absolute Gasteiger partial charge is 0.0540 e.